The molecule has 0 fully saturated rings. The minimum absolute atomic E-state index is 0.424. The Morgan fingerprint density at radius 2 is 2.25 bits per heavy atom. The zero-order chi connectivity index (χ0) is 9.03. The summed E-state index contributed by atoms with van der Waals surface area (Å²) in [7, 11) is 0. The van der Waals surface area contributed by atoms with Crippen molar-refractivity contribution in [1.82, 2.24) is 0 Å². The van der Waals surface area contributed by atoms with Crippen LogP contribution in [0.25, 0.3) is 0 Å². The van der Waals surface area contributed by atoms with E-state index in [0.29, 0.717) is 6.42 Å². The molecule has 0 aromatic rings. The lowest BCUT2D eigenvalue weighted by atomic mass is 9.95. The van der Waals surface area contributed by atoms with Crippen LogP contribution in [0.15, 0.2) is 36.5 Å². The highest BCUT2D eigenvalue weighted by Gasteiger charge is 2.19. The van der Waals surface area contributed by atoms with Gasteiger partial charge in [-0.3, -0.25) is 0 Å². The highest BCUT2D eigenvalue weighted by Crippen LogP contribution is 2.18. The lowest BCUT2D eigenvalue weighted by Crippen LogP contribution is -2.23. The number of aliphatic carboxylic acids is 1. The van der Waals surface area contributed by atoms with Gasteiger partial charge in [0.2, 0.25) is 0 Å². The van der Waals surface area contributed by atoms with Gasteiger partial charge in [-0.15, -0.1) is 0 Å². The molecule has 0 aliphatic heterocycles. The van der Waals surface area contributed by atoms with Crippen molar-refractivity contribution in [3.63, 3.8) is 0 Å². The van der Waals surface area contributed by atoms with Crippen LogP contribution in [0, 0.1) is 0 Å². The van der Waals surface area contributed by atoms with Gasteiger partial charge < -0.3 is 10.2 Å². The summed E-state index contributed by atoms with van der Waals surface area (Å²) in [6.45, 7) is 0. The molecule has 0 radical (unpaired) electrons. The van der Waals surface area contributed by atoms with Crippen molar-refractivity contribution < 1.29 is 15.0 Å². The van der Waals surface area contributed by atoms with Crippen molar-refractivity contribution >= 4 is 5.97 Å². The van der Waals surface area contributed by atoms with Crippen molar-refractivity contribution in [2.45, 2.75) is 12.0 Å². The molecule has 0 spiro atoms. The number of allylic oxidation sites excluding steroid dienone is 2. The minimum atomic E-state index is -1.12. The molecule has 1 atom stereocenters. The number of carboxylic acids is 1. The highest BCUT2D eigenvalue weighted by molar-refractivity contribution is 5.80. The van der Waals surface area contributed by atoms with Crippen molar-refractivity contribution in [3.8, 4) is 0 Å². The van der Waals surface area contributed by atoms with Gasteiger partial charge in [0.25, 0.3) is 0 Å². The molecule has 0 aromatic heterocycles. The molecule has 12 heavy (non-hydrogen) atoms. The van der Waals surface area contributed by atoms with Crippen molar-refractivity contribution in [3.05, 3.63) is 36.5 Å². The normalized spacial score (nSPS) is 28.1. The summed E-state index contributed by atoms with van der Waals surface area (Å²) < 4.78 is 0. The van der Waals surface area contributed by atoms with Crippen molar-refractivity contribution in [2.24, 2.45) is 0 Å². The average Bonchev–Trinajstić information content (AvgIpc) is 2.03. The number of aliphatic hydroxyl groups is 1. The van der Waals surface area contributed by atoms with E-state index >= 15 is 0 Å². The van der Waals surface area contributed by atoms with Crippen LogP contribution in [0.5, 0.6) is 0 Å². The van der Waals surface area contributed by atoms with E-state index < -0.39 is 11.6 Å². The van der Waals surface area contributed by atoms with Gasteiger partial charge in [-0.2, -0.15) is 0 Å². The minimum Gasteiger partial charge on any atom is -0.478 e. The zero-order valence-electron chi connectivity index (χ0n) is 6.47. The molecular weight excluding hydrogens is 156 g/mol. The first kappa shape index (κ1) is 8.74. The second-order valence-corrected chi connectivity index (χ2v) is 2.65. The van der Waals surface area contributed by atoms with E-state index in [1.54, 1.807) is 18.2 Å². The zero-order valence-corrected chi connectivity index (χ0v) is 6.47. The van der Waals surface area contributed by atoms with Crippen LogP contribution in [0.1, 0.15) is 6.42 Å². The van der Waals surface area contributed by atoms with Gasteiger partial charge in [0.1, 0.15) is 5.60 Å². The van der Waals surface area contributed by atoms with Gasteiger partial charge in [0.05, 0.1) is 0 Å². The fourth-order valence-electron chi connectivity index (χ4n) is 0.965. The Morgan fingerprint density at radius 1 is 1.50 bits per heavy atom. The van der Waals surface area contributed by atoms with Crippen LogP contribution < -0.4 is 0 Å². The number of rotatable bonds is 2. The standard InChI is InChI=1S/C9H10O3/c10-8(11)4-7-9(12)5-2-1-3-6-9/h1-5,7,12H,6H2,(H,10,11)/b7-4+. The van der Waals surface area contributed by atoms with Gasteiger partial charge in [0.15, 0.2) is 0 Å². The van der Waals surface area contributed by atoms with Gasteiger partial charge in [-0.1, -0.05) is 18.2 Å². The quantitative estimate of drug-likeness (QED) is 0.598. The van der Waals surface area contributed by atoms with Crippen LogP contribution >= 0.6 is 0 Å². The largest absolute Gasteiger partial charge is 0.478 e. The first-order chi connectivity index (χ1) is 5.62. The molecule has 0 saturated heterocycles. The molecule has 3 nitrogen and oxygen atoms in total. The number of carbonyl (C=O) groups is 1. The van der Waals surface area contributed by atoms with E-state index in [1.165, 1.54) is 6.08 Å². The smallest absolute Gasteiger partial charge is 0.328 e. The van der Waals surface area contributed by atoms with Crippen LogP contribution in [0.2, 0.25) is 0 Å². The van der Waals surface area contributed by atoms with E-state index in [9.17, 15) is 9.90 Å². The Labute approximate surface area is 70.3 Å². The first-order valence-electron chi connectivity index (χ1n) is 3.61. The Hall–Kier alpha value is -1.35. The molecule has 1 aliphatic rings. The second kappa shape index (κ2) is 3.36. The summed E-state index contributed by atoms with van der Waals surface area (Å²) in [4.78, 5) is 10.1. The monoisotopic (exact) mass is 166 g/mol. The number of hydrogen-bond acceptors (Lipinski definition) is 2. The Balaban J connectivity index is 2.67. The fraction of sp³-hybridized carbons (Fsp3) is 0.222. The predicted molar refractivity (Wildman–Crippen MR) is 44.6 cm³/mol. The summed E-state index contributed by atoms with van der Waals surface area (Å²) in [5, 5.41) is 18.0. The van der Waals surface area contributed by atoms with Gasteiger partial charge in [-0.05, 0) is 12.2 Å². The third kappa shape index (κ3) is 2.36. The molecule has 0 aromatic carbocycles. The molecular formula is C9H10O3. The molecule has 2 N–H and O–H groups in total. The molecule has 1 unspecified atom stereocenters. The molecule has 64 valence electrons. The van der Waals surface area contributed by atoms with Crippen LogP contribution in [-0.4, -0.2) is 21.8 Å². The molecule has 1 aliphatic carbocycles. The molecule has 0 bridgehead atoms. The van der Waals surface area contributed by atoms with Gasteiger partial charge in [0, 0.05) is 12.5 Å². The second-order valence-electron chi connectivity index (χ2n) is 2.65. The van der Waals surface area contributed by atoms with E-state index in [0.717, 1.165) is 6.08 Å². The Bertz CT molecular complexity index is 263. The Kier molecular flexibility index (Phi) is 2.45. The van der Waals surface area contributed by atoms with Crippen LogP contribution in [0.4, 0.5) is 0 Å². The maximum Gasteiger partial charge on any atom is 0.328 e. The lowest BCUT2D eigenvalue weighted by molar-refractivity contribution is -0.131. The van der Waals surface area contributed by atoms with Crippen molar-refractivity contribution in [2.75, 3.05) is 0 Å². The van der Waals surface area contributed by atoms with Gasteiger partial charge >= 0.3 is 5.97 Å². The maximum absolute atomic E-state index is 10.1. The molecule has 3 heteroatoms. The molecule has 0 saturated carbocycles. The Morgan fingerprint density at radius 3 is 2.75 bits per heavy atom. The topological polar surface area (TPSA) is 57.5 Å². The van der Waals surface area contributed by atoms with E-state index in [4.69, 9.17) is 5.11 Å². The van der Waals surface area contributed by atoms with Crippen LogP contribution in [-0.2, 0) is 4.79 Å². The third-order valence-corrected chi connectivity index (χ3v) is 1.59. The van der Waals surface area contributed by atoms with Crippen LogP contribution in [0.3, 0.4) is 0 Å². The number of carboxylic acid groups (broad SMARTS) is 1. The van der Waals surface area contributed by atoms with E-state index in [1.807, 2.05) is 6.08 Å². The van der Waals surface area contributed by atoms with E-state index in [2.05, 4.69) is 0 Å². The van der Waals surface area contributed by atoms with E-state index in [-0.39, 0.29) is 0 Å². The first-order valence-corrected chi connectivity index (χ1v) is 3.61. The SMILES string of the molecule is O=C(O)/C=C/C1(O)C=CC=CC1. The fourth-order valence-corrected chi connectivity index (χ4v) is 0.965. The summed E-state index contributed by atoms with van der Waals surface area (Å²) in [5.41, 5.74) is -1.12. The maximum atomic E-state index is 10.1. The van der Waals surface area contributed by atoms with Gasteiger partial charge in [-0.25, -0.2) is 4.79 Å². The summed E-state index contributed by atoms with van der Waals surface area (Å²) >= 11 is 0. The molecule has 0 heterocycles. The van der Waals surface area contributed by atoms with Crippen molar-refractivity contribution in [1.29, 1.82) is 0 Å². The third-order valence-electron chi connectivity index (χ3n) is 1.59. The summed E-state index contributed by atoms with van der Waals surface area (Å²) in [6, 6.07) is 0. The number of hydrogen-bond donors (Lipinski definition) is 2. The average molecular weight is 166 g/mol. The molecule has 1 rings (SSSR count). The highest BCUT2D eigenvalue weighted by atomic mass is 16.4. The lowest BCUT2D eigenvalue weighted by Gasteiger charge is -2.19. The summed E-state index contributed by atoms with van der Waals surface area (Å²) in [5.74, 6) is -1.05. The molecule has 0 amide bonds. The predicted octanol–water partition coefficient (Wildman–Crippen LogP) is 0.874. The summed E-state index contributed by atoms with van der Waals surface area (Å²) in [6.07, 6.45) is 9.49.